The van der Waals surface area contributed by atoms with Gasteiger partial charge in [-0.2, -0.15) is 0 Å². The quantitative estimate of drug-likeness (QED) is 0.492. The predicted molar refractivity (Wildman–Crippen MR) is 133 cm³/mol. The van der Waals surface area contributed by atoms with Gasteiger partial charge in [0.2, 0.25) is 10.0 Å². The number of anilines is 2. The number of pyridine rings is 1. The molecule has 12 heteroatoms. The standard InChI is InChI=1S/C23H25ClFN5O4S/c1-29-5-4-18(13-29)34-19-10-20(25)22(26-11-19)21-6-14(12-30(21)2)23(31)27-16-7-15(24)8-17(9-16)28-35(3,32)33/h6-12,18,28H,4-5,13H2,1-3H3,(H,27,31). The van der Waals surface area contributed by atoms with Gasteiger partial charge in [0.15, 0.2) is 5.82 Å². The Bertz CT molecular complexity index is 1380. The molecule has 2 aromatic heterocycles. The molecule has 35 heavy (non-hydrogen) atoms. The van der Waals surface area contributed by atoms with Gasteiger partial charge in [0, 0.05) is 43.1 Å². The summed E-state index contributed by atoms with van der Waals surface area (Å²) < 4.78 is 47.7. The van der Waals surface area contributed by atoms with Crippen LogP contribution < -0.4 is 14.8 Å². The summed E-state index contributed by atoms with van der Waals surface area (Å²) in [6.45, 7) is 1.70. The third-order valence-electron chi connectivity index (χ3n) is 5.44. The van der Waals surface area contributed by atoms with Crippen LogP contribution in [-0.4, -0.2) is 61.3 Å². The van der Waals surface area contributed by atoms with Crippen LogP contribution >= 0.6 is 11.6 Å². The lowest BCUT2D eigenvalue weighted by Gasteiger charge is -2.14. The number of ether oxygens (including phenoxy) is 1. The smallest absolute Gasteiger partial charge is 0.257 e. The van der Waals surface area contributed by atoms with Gasteiger partial charge in [-0.05, 0) is 37.7 Å². The zero-order valence-electron chi connectivity index (χ0n) is 19.4. The second-order valence-corrected chi connectivity index (χ2v) is 10.8. The number of halogens is 2. The van der Waals surface area contributed by atoms with E-state index in [4.69, 9.17) is 16.3 Å². The average molecular weight is 522 g/mol. The molecular formula is C23H25ClFN5O4S. The van der Waals surface area contributed by atoms with E-state index < -0.39 is 21.7 Å². The molecular weight excluding hydrogens is 497 g/mol. The van der Waals surface area contributed by atoms with Crippen LogP contribution in [0, 0.1) is 5.82 Å². The van der Waals surface area contributed by atoms with Crippen molar-refractivity contribution in [2.24, 2.45) is 7.05 Å². The number of likely N-dealkylation sites (N-methyl/N-ethyl adjacent to an activating group) is 1. The monoisotopic (exact) mass is 521 g/mol. The summed E-state index contributed by atoms with van der Waals surface area (Å²) in [4.78, 5) is 19.2. The molecule has 1 amide bonds. The summed E-state index contributed by atoms with van der Waals surface area (Å²) in [7, 11) is 0.167. The van der Waals surface area contributed by atoms with E-state index in [0.717, 1.165) is 25.8 Å². The van der Waals surface area contributed by atoms with Crippen LogP contribution in [0.4, 0.5) is 15.8 Å². The molecule has 0 bridgehead atoms. The van der Waals surface area contributed by atoms with E-state index in [2.05, 4.69) is 19.9 Å². The molecule has 186 valence electrons. The third kappa shape index (κ3) is 6.30. The van der Waals surface area contributed by atoms with E-state index in [0.29, 0.717) is 17.1 Å². The van der Waals surface area contributed by atoms with Crippen LogP contribution in [0.2, 0.25) is 5.02 Å². The molecule has 1 fully saturated rings. The van der Waals surface area contributed by atoms with Crippen molar-refractivity contribution < 1.29 is 22.3 Å². The Morgan fingerprint density at radius 2 is 1.94 bits per heavy atom. The molecule has 1 aliphatic heterocycles. The first kappa shape index (κ1) is 25.0. The highest BCUT2D eigenvalue weighted by atomic mass is 35.5. The number of nitrogens with zero attached hydrogens (tertiary/aromatic N) is 3. The zero-order chi connectivity index (χ0) is 25.3. The normalized spacial score (nSPS) is 16.3. The lowest BCUT2D eigenvalue weighted by molar-refractivity contribution is 0.102. The molecule has 1 saturated heterocycles. The van der Waals surface area contributed by atoms with Crippen molar-refractivity contribution in [3.63, 3.8) is 0 Å². The van der Waals surface area contributed by atoms with E-state index in [9.17, 15) is 17.6 Å². The molecule has 0 saturated carbocycles. The highest BCUT2D eigenvalue weighted by Gasteiger charge is 2.22. The summed E-state index contributed by atoms with van der Waals surface area (Å²) in [5.41, 5.74) is 1.26. The lowest BCUT2D eigenvalue weighted by Crippen LogP contribution is -2.21. The van der Waals surface area contributed by atoms with Crippen molar-refractivity contribution in [3.05, 3.63) is 59.1 Å². The largest absolute Gasteiger partial charge is 0.487 e. The van der Waals surface area contributed by atoms with E-state index >= 15 is 0 Å². The number of hydrogen-bond acceptors (Lipinski definition) is 6. The minimum atomic E-state index is -3.52. The summed E-state index contributed by atoms with van der Waals surface area (Å²) in [6.07, 6.45) is 4.90. The number of carbonyl (C=O) groups is 1. The fraction of sp³-hybridized carbons (Fsp3) is 0.304. The number of aromatic nitrogens is 2. The van der Waals surface area contributed by atoms with Crippen molar-refractivity contribution >= 4 is 38.9 Å². The Kier molecular flexibility index (Phi) is 7.02. The van der Waals surface area contributed by atoms with Gasteiger partial charge in [0.1, 0.15) is 17.5 Å². The van der Waals surface area contributed by atoms with Crippen molar-refractivity contribution in [3.8, 4) is 17.1 Å². The molecule has 3 aromatic rings. The van der Waals surface area contributed by atoms with E-state index in [-0.39, 0.29) is 28.1 Å². The predicted octanol–water partition coefficient (Wildman–Crippen LogP) is 3.59. The molecule has 9 nitrogen and oxygen atoms in total. The number of likely N-dealkylation sites (tertiary alicyclic amines) is 1. The maximum atomic E-state index is 14.9. The molecule has 1 aromatic carbocycles. The van der Waals surface area contributed by atoms with Gasteiger partial charge in [-0.15, -0.1) is 0 Å². The van der Waals surface area contributed by atoms with Crippen LogP contribution in [0.3, 0.4) is 0 Å². The Hall–Kier alpha value is -3.15. The van der Waals surface area contributed by atoms with Crippen molar-refractivity contribution in [2.45, 2.75) is 12.5 Å². The lowest BCUT2D eigenvalue weighted by atomic mass is 10.2. The number of rotatable bonds is 7. The van der Waals surface area contributed by atoms with Crippen LogP contribution in [0.5, 0.6) is 5.75 Å². The summed E-state index contributed by atoms with van der Waals surface area (Å²) in [5, 5.41) is 2.91. The molecule has 1 unspecified atom stereocenters. The Morgan fingerprint density at radius 1 is 1.20 bits per heavy atom. The zero-order valence-corrected chi connectivity index (χ0v) is 21.0. The molecule has 0 aliphatic carbocycles. The van der Waals surface area contributed by atoms with Crippen molar-refractivity contribution in [1.29, 1.82) is 0 Å². The van der Waals surface area contributed by atoms with E-state index in [1.807, 2.05) is 7.05 Å². The maximum absolute atomic E-state index is 14.9. The fourth-order valence-electron chi connectivity index (χ4n) is 3.92. The Morgan fingerprint density at radius 3 is 2.60 bits per heavy atom. The van der Waals surface area contributed by atoms with Crippen LogP contribution in [0.15, 0.2) is 42.7 Å². The van der Waals surface area contributed by atoms with Gasteiger partial charge in [-0.3, -0.25) is 9.52 Å². The second-order valence-electron chi connectivity index (χ2n) is 8.57. The Labute approximate surface area is 207 Å². The van der Waals surface area contributed by atoms with Gasteiger partial charge in [0.25, 0.3) is 5.91 Å². The summed E-state index contributed by atoms with van der Waals surface area (Å²) in [5.74, 6) is -0.684. The topological polar surface area (TPSA) is 106 Å². The van der Waals surface area contributed by atoms with Crippen molar-refractivity contribution in [2.75, 3.05) is 36.4 Å². The molecule has 1 aliphatic rings. The first-order chi connectivity index (χ1) is 16.5. The number of benzene rings is 1. The average Bonchev–Trinajstić information content (AvgIpc) is 3.31. The third-order valence-corrected chi connectivity index (χ3v) is 6.26. The number of sulfonamides is 1. The minimum Gasteiger partial charge on any atom is -0.487 e. The second kappa shape index (κ2) is 9.84. The summed E-state index contributed by atoms with van der Waals surface area (Å²) in [6, 6.07) is 7.17. The van der Waals surface area contributed by atoms with Crippen LogP contribution in [0.25, 0.3) is 11.4 Å². The highest BCUT2D eigenvalue weighted by Crippen LogP contribution is 2.28. The molecule has 3 heterocycles. The number of aryl methyl sites for hydroxylation is 1. The molecule has 0 radical (unpaired) electrons. The number of carbonyl (C=O) groups excluding carboxylic acids is 1. The van der Waals surface area contributed by atoms with Gasteiger partial charge in [0.05, 0.1) is 29.4 Å². The minimum absolute atomic E-state index is 0.00275. The van der Waals surface area contributed by atoms with E-state index in [1.165, 1.54) is 36.5 Å². The molecule has 1 atom stereocenters. The molecule has 2 N–H and O–H groups in total. The van der Waals surface area contributed by atoms with Gasteiger partial charge < -0.3 is 19.5 Å². The van der Waals surface area contributed by atoms with Gasteiger partial charge >= 0.3 is 0 Å². The summed E-state index contributed by atoms with van der Waals surface area (Å²) >= 11 is 6.06. The van der Waals surface area contributed by atoms with E-state index in [1.54, 1.807) is 17.8 Å². The molecule has 4 rings (SSSR count). The SMILES string of the molecule is CN1CCC(Oc2cnc(-c3cc(C(=O)Nc4cc(Cl)cc(NS(C)(=O)=O)c4)cn3C)c(F)c2)C1. The highest BCUT2D eigenvalue weighted by molar-refractivity contribution is 7.92. The van der Waals surface area contributed by atoms with Crippen LogP contribution in [0.1, 0.15) is 16.8 Å². The van der Waals surface area contributed by atoms with Crippen molar-refractivity contribution in [1.82, 2.24) is 14.5 Å². The number of amides is 1. The van der Waals surface area contributed by atoms with Crippen LogP contribution in [-0.2, 0) is 17.1 Å². The Balaban J connectivity index is 1.51. The first-order valence-electron chi connectivity index (χ1n) is 10.7. The molecule has 0 spiro atoms. The fourth-order valence-corrected chi connectivity index (χ4v) is 4.70. The number of hydrogen-bond donors (Lipinski definition) is 2. The van der Waals surface area contributed by atoms with Gasteiger partial charge in [-0.25, -0.2) is 17.8 Å². The maximum Gasteiger partial charge on any atom is 0.257 e. The van der Waals surface area contributed by atoms with Gasteiger partial charge in [-0.1, -0.05) is 11.6 Å². The first-order valence-corrected chi connectivity index (χ1v) is 13.0. The number of nitrogens with one attached hydrogen (secondary N) is 2.